The summed E-state index contributed by atoms with van der Waals surface area (Å²) in [7, 11) is 0. The Kier molecular flexibility index (Phi) is 3.61. The number of amides is 1. The minimum Gasteiger partial charge on any atom is -0.338 e. The molecule has 0 saturated carbocycles. The summed E-state index contributed by atoms with van der Waals surface area (Å²) in [5, 5.41) is 5.15. The smallest absolute Gasteiger partial charge is 0.338 e. The highest BCUT2D eigenvalue weighted by atomic mass is 32.1. The van der Waals surface area contributed by atoms with Gasteiger partial charge >= 0.3 is 6.18 Å². The fourth-order valence-electron chi connectivity index (χ4n) is 2.82. The van der Waals surface area contributed by atoms with E-state index in [4.69, 9.17) is 0 Å². The van der Waals surface area contributed by atoms with E-state index in [0.29, 0.717) is 21.1 Å². The number of likely N-dealkylation sites (tertiary alicyclic amines) is 1. The summed E-state index contributed by atoms with van der Waals surface area (Å²) in [6.07, 6.45) is -3.40. The van der Waals surface area contributed by atoms with Crippen LogP contribution in [0.25, 0.3) is 15.9 Å². The molecule has 8 heteroatoms. The molecule has 0 atom stereocenters. The molecule has 1 amide bonds. The Morgan fingerprint density at radius 2 is 2.00 bits per heavy atom. The number of halogens is 3. The molecule has 0 aliphatic carbocycles. The average Bonchev–Trinajstić information content (AvgIpc) is 3.06. The lowest BCUT2D eigenvalue weighted by Gasteiger charge is -2.30. The van der Waals surface area contributed by atoms with Gasteiger partial charge in [-0.3, -0.25) is 4.79 Å². The maximum atomic E-state index is 13.0. The Bertz CT molecular complexity index is 969. The van der Waals surface area contributed by atoms with Crippen LogP contribution in [0.3, 0.4) is 0 Å². The third kappa shape index (κ3) is 2.70. The first kappa shape index (κ1) is 16.1. The van der Waals surface area contributed by atoms with E-state index in [0.717, 1.165) is 37.0 Å². The van der Waals surface area contributed by atoms with Crippen LogP contribution in [-0.2, 0) is 6.18 Å². The van der Waals surface area contributed by atoms with Gasteiger partial charge < -0.3 is 4.90 Å². The molecular weight excluding hydrogens is 351 g/mol. The Balaban J connectivity index is 1.80. The molecule has 0 unspecified atom stereocenters. The fraction of sp³-hybridized carbons (Fsp3) is 0.294. The quantitative estimate of drug-likeness (QED) is 0.681. The van der Waals surface area contributed by atoms with E-state index >= 15 is 0 Å². The molecule has 130 valence electrons. The Morgan fingerprint density at radius 3 is 2.64 bits per heavy atom. The van der Waals surface area contributed by atoms with Crippen molar-refractivity contribution in [3.05, 3.63) is 46.5 Å². The Hall–Kier alpha value is -2.35. The van der Waals surface area contributed by atoms with Crippen molar-refractivity contribution >= 4 is 27.5 Å². The number of benzene rings is 1. The second-order valence-electron chi connectivity index (χ2n) is 6.02. The van der Waals surface area contributed by atoms with Crippen LogP contribution in [0.5, 0.6) is 0 Å². The highest BCUT2D eigenvalue weighted by Crippen LogP contribution is 2.34. The summed E-state index contributed by atoms with van der Waals surface area (Å²) in [5.74, 6) is -0.0255. The van der Waals surface area contributed by atoms with Crippen molar-refractivity contribution < 1.29 is 18.0 Å². The van der Waals surface area contributed by atoms with Gasteiger partial charge in [-0.05, 0) is 37.6 Å². The molecule has 1 aromatic carbocycles. The van der Waals surface area contributed by atoms with E-state index in [1.165, 1.54) is 22.1 Å². The number of rotatable bonds is 2. The number of carbonyl (C=O) groups excluding carboxylic acids is 1. The molecule has 2 aromatic heterocycles. The number of carbonyl (C=O) groups is 1. The fourth-order valence-corrected chi connectivity index (χ4v) is 3.97. The number of aryl methyl sites for hydroxylation is 1. The van der Waals surface area contributed by atoms with Crippen LogP contribution in [0.4, 0.5) is 13.2 Å². The molecule has 1 fully saturated rings. The zero-order valence-corrected chi connectivity index (χ0v) is 14.1. The molecule has 3 heterocycles. The average molecular weight is 365 g/mol. The van der Waals surface area contributed by atoms with Crippen LogP contribution in [-0.4, -0.2) is 33.7 Å². The number of nitrogens with zero attached hydrogens (tertiary/aromatic N) is 3. The highest BCUT2D eigenvalue weighted by molar-refractivity contribution is 7.20. The molecule has 0 N–H and O–H groups in total. The van der Waals surface area contributed by atoms with E-state index in [1.807, 2.05) is 0 Å². The van der Waals surface area contributed by atoms with E-state index in [9.17, 15) is 18.0 Å². The second kappa shape index (κ2) is 5.59. The van der Waals surface area contributed by atoms with Crippen LogP contribution in [0.1, 0.15) is 27.3 Å². The number of thiophene rings is 1. The minimum atomic E-state index is -4.41. The minimum absolute atomic E-state index is 0.0255. The van der Waals surface area contributed by atoms with Gasteiger partial charge in [0.05, 0.1) is 21.8 Å². The van der Waals surface area contributed by atoms with Crippen molar-refractivity contribution in [3.8, 4) is 5.69 Å². The van der Waals surface area contributed by atoms with Gasteiger partial charge in [-0.25, -0.2) is 4.68 Å². The third-order valence-electron chi connectivity index (χ3n) is 4.32. The van der Waals surface area contributed by atoms with Gasteiger partial charge in [-0.1, -0.05) is 6.07 Å². The van der Waals surface area contributed by atoms with E-state index in [1.54, 1.807) is 24.0 Å². The van der Waals surface area contributed by atoms with E-state index in [2.05, 4.69) is 5.10 Å². The standard InChI is InChI=1S/C17H14F3N3OS/c1-10-13-9-14(15(24)22-6-3-7-22)25-16(13)23(21-10)12-5-2-4-11(8-12)17(18,19)20/h2,4-5,8-9H,3,6-7H2,1H3. The first-order valence-electron chi connectivity index (χ1n) is 7.80. The summed E-state index contributed by atoms with van der Waals surface area (Å²) >= 11 is 1.27. The molecule has 3 aromatic rings. The molecular formula is C17H14F3N3OS. The zero-order valence-electron chi connectivity index (χ0n) is 13.3. The van der Waals surface area contributed by atoms with Gasteiger partial charge in [0.25, 0.3) is 5.91 Å². The summed E-state index contributed by atoms with van der Waals surface area (Å²) < 4.78 is 40.4. The Labute approximate surface area is 145 Å². The van der Waals surface area contributed by atoms with Crippen molar-refractivity contribution in [2.75, 3.05) is 13.1 Å². The summed E-state index contributed by atoms with van der Waals surface area (Å²) in [5.41, 5.74) is 0.295. The molecule has 1 aliphatic heterocycles. The van der Waals surface area contributed by atoms with Crippen LogP contribution < -0.4 is 0 Å². The SMILES string of the molecule is Cc1nn(-c2cccc(C(F)(F)F)c2)c2sc(C(=O)N3CCC3)cc12. The van der Waals surface area contributed by atoms with Crippen molar-refractivity contribution in [1.29, 1.82) is 0 Å². The lowest BCUT2D eigenvalue weighted by atomic mass is 10.2. The van der Waals surface area contributed by atoms with Gasteiger partial charge in [-0.15, -0.1) is 11.3 Å². The van der Waals surface area contributed by atoms with Crippen LogP contribution >= 0.6 is 11.3 Å². The maximum Gasteiger partial charge on any atom is 0.416 e. The number of hydrogen-bond donors (Lipinski definition) is 0. The second-order valence-corrected chi connectivity index (χ2v) is 7.05. The van der Waals surface area contributed by atoms with Gasteiger partial charge in [0.15, 0.2) is 0 Å². The summed E-state index contributed by atoms with van der Waals surface area (Å²) in [6.45, 7) is 3.30. The maximum absolute atomic E-state index is 13.0. The van der Waals surface area contributed by atoms with Crippen LogP contribution in [0, 0.1) is 6.92 Å². The third-order valence-corrected chi connectivity index (χ3v) is 5.42. The topological polar surface area (TPSA) is 38.1 Å². The number of aromatic nitrogens is 2. The predicted molar refractivity (Wildman–Crippen MR) is 89.2 cm³/mol. The highest BCUT2D eigenvalue weighted by Gasteiger charge is 2.31. The molecule has 0 bridgehead atoms. The lowest BCUT2D eigenvalue weighted by molar-refractivity contribution is -0.137. The molecule has 4 rings (SSSR count). The van der Waals surface area contributed by atoms with Crippen molar-refractivity contribution in [2.24, 2.45) is 0 Å². The lowest BCUT2D eigenvalue weighted by Crippen LogP contribution is -2.41. The Morgan fingerprint density at radius 1 is 1.24 bits per heavy atom. The van der Waals surface area contributed by atoms with Crippen LogP contribution in [0.15, 0.2) is 30.3 Å². The van der Waals surface area contributed by atoms with Gasteiger partial charge in [0, 0.05) is 18.5 Å². The summed E-state index contributed by atoms with van der Waals surface area (Å²) in [4.78, 5) is 15.4. The van der Waals surface area contributed by atoms with Gasteiger partial charge in [0.2, 0.25) is 0 Å². The van der Waals surface area contributed by atoms with Crippen molar-refractivity contribution in [2.45, 2.75) is 19.5 Å². The monoisotopic (exact) mass is 365 g/mol. The molecule has 1 aliphatic rings. The molecule has 1 saturated heterocycles. The molecule has 4 nitrogen and oxygen atoms in total. The first-order chi connectivity index (χ1) is 11.8. The molecule has 0 spiro atoms. The van der Waals surface area contributed by atoms with Gasteiger partial charge in [-0.2, -0.15) is 18.3 Å². The number of alkyl halides is 3. The normalized spacial score (nSPS) is 14.8. The number of hydrogen-bond acceptors (Lipinski definition) is 3. The van der Waals surface area contributed by atoms with Crippen molar-refractivity contribution in [3.63, 3.8) is 0 Å². The number of fused-ring (bicyclic) bond motifs is 1. The van der Waals surface area contributed by atoms with E-state index < -0.39 is 11.7 Å². The summed E-state index contributed by atoms with van der Waals surface area (Å²) in [6, 6.07) is 6.83. The molecule has 25 heavy (non-hydrogen) atoms. The predicted octanol–water partition coefficient (Wildman–Crippen LogP) is 4.26. The van der Waals surface area contributed by atoms with Crippen molar-refractivity contribution in [1.82, 2.24) is 14.7 Å². The van der Waals surface area contributed by atoms with E-state index in [-0.39, 0.29) is 5.91 Å². The van der Waals surface area contributed by atoms with Gasteiger partial charge in [0.1, 0.15) is 4.83 Å². The molecule has 0 radical (unpaired) electrons. The first-order valence-corrected chi connectivity index (χ1v) is 8.62. The largest absolute Gasteiger partial charge is 0.416 e. The zero-order chi connectivity index (χ0) is 17.8. The van der Waals surface area contributed by atoms with Crippen LogP contribution in [0.2, 0.25) is 0 Å².